The van der Waals surface area contributed by atoms with Gasteiger partial charge in [0.1, 0.15) is 15.7 Å². The zero-order chi connectivity index (χ0) is 22.7. The molecule has 0 aliphatic rings. The summed E-state index contributed by atoms with van der Waals surface area (Å²) in [5.74, 6) is -0.538. The minimum absolute atomic E-state index is 0.0832. The fourth-order valence-corrected chi connectivity index (χ4v) is 4.29. The molecule has 0 aliphatic carbocycles. The first-order valence-corrected chi connectivity index (χ1v) is 11.3. The summed E-state index contributed by atoms with van der Waals surface area (Å²) in [6, 6.07) is 9.36. The lowest BCUT2D eigenvalue weighted by Crippen LogP contribution is -2.14. The van der Waals surface area contributed by atoms with Gasteiger partial charge >= 0.3 is 5.97 Å². The Hall–Kier alpha value is -3.38. The molecule has 0 fully saturated rings. The monoisotopic (exact) mass is 472 g/mol. The number of esters is 1. The molecule has 32 heavy (non-hydrogen) atoms. The van der Waals surface area contributed by atoms with Crippen LogP contribution < -0.4 is 5.32 Å². The Morgan fingerprint density at radius 2 is 1.97 bits per heavy atom. The van der Waals surface area contributed by atoms with Crippen molar-refractivity contribution in [3.8, 4) is 11.4 Å². The smallest absolute Gasteiger partial charge is 0.350 e. The first kappa shape index (κ1) is 21.8. The number of ether oxygens (including phenoxy) is 1. The molecule has 164 valence electrons. The molecule has 4 rings (SSSR count). The van der Waals surface area contributed by atoms with Crippen LogP contribution in [0.5, 0.6) is 0 Å². The fourth-order valence-electron chi connectivity index (χ4n) is 2.76. The quantitative estimate of drug-likeness (QED) is 0.321. The normalized spacial score (nSPS) is 11.0. The van der Waals surface area contributed by atoms with E-state index in [2.05, 4.69) is 25.6 Å². The van der Waals surface area contributed by atoms with Crippen molar-refractivity contribution in [2.24, 2.45) is 0 Å². The minimum Gasteiger partial charge on any atom is -0.462 e. The number of anilines is 1. The van der Waals surface area contributed by atoms with Gasteiger partial charge in [0.2, 0.25) is 5.91 Å². The van der Waals surface area contributed by atoms with Crippen LogP contribution in [0.3, 0.4) is 0 Å². The number of nitrogens with zero attached hydrogens (tertiary/aromatic N) is 5. The van der Waals surface area contributed by atoms with Gasteiger partial charge in [0, 0.05) is 5.56 Å². The molecule has 3 aromatic heterocycles. The topological polar surface area (TPSA) is 111 Å². The maximum Gasteiger partial charge on any atom is 0.350 e. The third-order valence-electron chi connectivity index (χ3n) is 4.20. The SMILES string of the molecule is CCOC(=O)c1sc(NC(=O)CSc2ccc3nnc(-c4ccc(F)cc4)n3n2)nc1C. The van der Waals surface area contributed by atoms with Crippen LogP contribution >= 0.6 is 23.1 Å². The second-order valence-electron chi connectivity index (χ2n) is 6.46. The van der Waals surface area contributed by atoms with Crippen molar-refractivity contribution in [1.29, 1.82) is 0 Å². The third kappa shape index (κ3) is 4.75. The Bertz CT molecular complexity index is 1290. The number of amides is 1. The molecular formula is C20H17FN6O3S2. The van der Waals surface area contributed by atoms with Gasteiger partial charge in [0.15, 0.2) is 16.6 Å². The molecule has 3 heterocycles. The molecule has 0 atom stereocenters. The summed E-state index contributed by atoms with van der Waals surface area (Å²) in [6.07, 6.45) is 0. The highest BCUT2D eigenvalue weighted by Crippen LogP contribution is 2.25. The highest BCUT2D eigenvalue weighted by Gasteiger charge is 2.18. The summed E-state index contributed by atoms with van der Waals surface area (Å²) < 4.78 is 19.7. The molecule has 1 amide bonds. The van der Waals surface area contributed by atoms with E-state index in [0.717, 1.165) is 11.3 Å². The third-order valence-corrected chi connectivity index (χ3v) is 6.17. The van der Waals surface area contributed by atoms with Gasteiger partial charge in [-0.05, 0) is 50.2 Å². The number of fused-ring (bicyclic) bond motifs is 1. The lowest BCUT2D eigenvalue weighted by molar-refractivity contribution is -0.113. The van der Waals surface area contributed by atoms with Crippen LogP contribution in [0.25, 0.3) is 17.0 Å². The molecule has 0 aliphatic heterocycles. The Kier molecular flexibility index (Phi) is 6.42. The summed E-state index contributed by atoms with van der Waals surface area (Å²) in [4.78, 5) is 28.8. The zero-order valence-corrected chi connectivity index (χ0v) is 18.7. The van der Waals surface area contributed by atoms with E-state index in [0.29, 0.717) is 37.8 Å². The first-order valence-electron chi connectivity index (χ1n) is 9.50. The molecule has 12 heteroatoms. The van der Waals surface area contributed by atoms with Gasteiger partial charge in [-0.2, -0.15) is 9.61 Å². The minimum atomic E-state index is -0.458. The fraction of sp³-hybridized carbons (Fsp3) is 0.200. The number of rotatable bonds is 7. The van der Waals surface area contributed by atoms with E-state index in [1.165, 1.54) is 23.9 Å². The summed E-state index contributed by atoms with van der Waals surface area (Å²) in [7, 11) is 0. The van der Waals surface area contributed by atoms with Crippen molar-refractivity contribution in [1.82, 2.24) is 24.8 Å². The molecular weight excluding hydrogens is 455 g/mol. The van der Waals surface area contributed by atoms with Crippen molar-refractivity contribution < 1.29 is 18.7 Å². The van der Waals surface area contributed by atoms with Gasteiger partial charge in [-0.1, -0.05) is 23.1 Å². The van der Waals surface area contributed by atoms with E-state index in [1.54, 1.807) is 42.6 Å². The molecule has 0 saturated carbocycles. The number of benzene rings is 1. The Morgan fingerprint density at radius 3 is 2.72 bits per heavy atom. The number of thiazole rings is 1. The van der Waals surface area contributed by atoms with Crippen molar-refractivity contribution in [3.63, 3.8) is 0 Å². The van der Waals surface area contributed by atoms with Crippen molar-refractivity contribution in [3.05, 3.63) is 52.8 Å². The number of carbonyl (C=O) groups excluding carboxylic acids is 2. The van der Waals surface area contributed by atoms with Crippen LogP contribution in [0.1, 0.15) is 22.3 Å². The Balaban J connectivity index is 1.43. The maximum absolute atomic E-state index is 13.2. The zero-order valence-electron chi connectivity index (χ0n) is 17.0. The number of nitrogens with one attached hydrogen (secondary N) is 1. The van der Waals surface area contributed by atoms with Gasteiger partial charge in [-0.3, -0.25) is 4.79 Å². The van der Waals surface area contributed by atoms with Gasteiger partial charge in [-0.25, -0.2) is 14.2 Å². The predicted octanol–water partition coefficient (Wildman–Crippen LogP) is 3.60. The van der Waals surface area contributed by atoms with Gasteiger partial charge in [0.25, 0.3) is 0 Å². The number of hydrogen-bond acceptors (Lipinski definition) is 9. The second-order valence-corrected chi connectivity index (χ2v) is 8.46. The Labute approximate surface area is 190 Å². The van der Waals surface area contributed by atoms with E-state index in [-0.39, 0.29) is 24.1 Å². The van der Waals surface area contributed by atoms with E-state index in [1.807, 2.05) is 0 Å². The maximum atomic E-state index is 13.2. The summed E-state index contributed by atoms with van der Waals surface area (Å²) >= 11 is 2.29. The van der Waals surface area contributed by atoms with Crippen LogP contribution in [0.15, 0.2) is 41.4 Å². The van der Waals surface area contributed by atoms with Gasteiger partial charge < -0.3 is 10.1 Å². The van der Waals surface area contributed by atoms with E-state index in [9.17, 15) is 14.0 Å². The van der Waals surface area contributed by atoms with Gasteiger partial charge in [0.05, 0.1) is 18.1 Å². The average molecular weight is 473 g/mol. The Morgan fingerprint density at radius 1 is 1.19 bits per heavy atom. The highest BCUT2D eigenvalue weighted by atomic mass is 32.2. The lowest BCUT2D eigenvalue weighted by Gasteiger charge is -2.03. The number of aromatic nitrogens is 5. The number of carbonyl (C=O) groups is 2. The molecule has 0 spiro atoms. The van der Waals surface area contributed by atoms with Crippen LogP contribution in [0.2, 0.25) is 0 Å². The van der Waals surface area contributed by atoms with E-state index >= 15 is 0 Å². The largest absolute Gasteiger partial charge is 0.462 e. The van der Waals surface area contributed by atoms with E-state index in [4.69, 9.17) is 4.74 Å². The van der Waals surface area contributed by atoms with Gasteiger partial charge in [-0.15, -0.1) is 10.2 Å². The number of hydrogen-bond donors (Lipinski definition) is 1. The lowest BCUT2D eigenvalue weighted by atomic mass is 10.2. The second kappa shape index (κ2) is 9.40. The van der Waals surface area contributed by atoms with Crippen LogP contribution in [-0.2, 0) is 9.53 Å². The van der Waals surface area contributed by atoms with Crippen LogP contribution in [0, 0.1) is 12.7 Å². The van der Waals surface area contributed by atoms with E-state index < -0.39 is 5.97 Å². The van der Waals surface area contributed by atoms with Crippen molar-refractivity contribution in [2.45, 2.75) is 18.9 Å². The molecule has 4 aromatic rings. The van der Waals surface area contributed by atoms with Crippen LogP contribution in [-0.4, -0.2) is 49.0 Å². The highest BCUT2D eigenvalue weighted by molar-refractivity contribution is 7.99. The molecule has 0 saturated heterocycles. The standard InChI is InChI=1S/C20H17FN6O3S2/c1-3-30-19(29)17-11(2)22-20(32-17)23-15(28)10-31-16-9-8-14-24-25-18(27(14)26-16)12-4-6-13(21)7-5-12/h4-9H,3,10H2,1-2H3,(H,22,23,28). The predicted molar refractivity (Wildman–Crippen MR) is 118 cm³/mol. The summed E-state index contributed by atoms with van der Waals surface area (Å²) in [5.41, 5.74) is 1.70. The molecule has 9 nitrogen and oxygen atoms in total. The van der Waals surface area contributed by atoms with Crippen molar-refractivity contribution >= 4 is 45.8 Å². The van der Waals surface area contributed by atoms with Crippen LogP contribution in [0.4, 0.5) is 9.52 Å². The molecule has 1 N–H and O–H groups in total. The molecule has 1 aromatic carbocycles. The first-order chi connectivity index (χ1) is 15.4. The summed E-state index contributed by atoms with van der Waals surface area (Å²) in [5, 5.41) is 16.3. The number of halogens is 1. The van der Waals surface area contributed by atoms with Crippen molar-refractivity contribution in [2.75, 3.05) is 17.7 Å². The summed E-state index contributed by atoms with van der Waals surface area (Å²) in [6.45, 7) is 3.67. The molecule has 0 bridgehead atoms. The number of thioether (sulfide) groups is 1. The molecule has 0 radical (unpaired) electrons. The molecule has 0 unspecified atom stereocenters. The average Bonchev–Trinajstić information content (AvgIpc) is 3.36. The number of aryl methyl sites for hydroxylation is 1.